The minimum atomic E-state index is -0.727. The molecule has 0 fully saturated rings. The fraction of sp³-hybridized carbons (Fsp3) is 0.154. The maximum atomic E-state index is 13.7. The first-order chi connectivity index (χ1) is 9.66. The Kier molecular flexibility index (Phi) is 4.24. The van der Waals surface area contributed by atoms with Gasteiger partial charge in [0.05, 0.1) is 11.6 Å². The number of hydrogen-bond donors (Lipinski definition) is 0. The van der Waals surface area contributed by atoms with Crippen LogP contribution in [-0.2, 0) is 0 Å². The van der Waals surface area contributed by atoms with Gasteiger partial charge in [-0.25, -0.2) is 23.4 Å². The first-order valence-electron chi connectivity index (χ1n) is 5.96. The van der Waals surface area contributed by atoms with Crippen molar-refractivity contribution >= 4 is 22.6 Å². The second-order valence-corrected chi connectivity index (χ2v) is 3.91. The third-order valence-electron chi connectivity index (χ3n) is 2.46. The molecule has 3 aromatic rings. The van der Waals surface area contributed by atoms with Gasteiger partial charge in [0.25, 0.3) is 0 Å². The monoisotopic (exact) mass is 296 g/mol. The molecule has 0 atom stereocenters. The van der Waals surface area contributed by atoms with Gasteiger partial charge in [0.2, 0.25) is 0 Å². The zero-order valence-electron chi connectivity index (χ0n) is 10.8. The number of halogens is 3. The topological polar surface area (TPSA) is 43.6 Å². The van der Waals surface area contributed by atoms with Gasteiger partial charge >= 0.3 is 0 Å². The lowest BCUT2D eigenvalue weighted by Crippen LogP contribution is -2.01. The van der Waals surface area contributed by atoms with Gasteiger partial charge in [-0.3, -0.25) is 0 Å². The van der Waals surface area contributed by atoms with Gasteiger partial charge in [-0.15, -0.1) is 0 Å². The van der Waals surface area contributed by atoms with Crippen molar-refractivity contribution in [1.82, 2.24) is 19.7 Å². The van der Waals surface area contributed by atoms with Gasteiger partial charge < -0.3 is 0 Å². The van der Waals surface area contributed by atoms with Crippen molar-refractivity contribution in [3.63, 3.8) is 0 Å². The van der Waals surface area contributed by atoms with Crippen LogP contribution in [0.25, 0.3) is 16.7 Å². The average molecular weight is 297 g/mol. The molecule has 0 radical (unpaired) electrons. The molecule has 0 saturated heterocycles. The van der Waals surface area contributed by atoms with Gasteiger partial charge in [0.1, 0.15) is 23.0 Å². The van der Waals surface area contributed by atoms with Crippen LogP contribution in [0.2, 0.25) is 5.15 Å². The summed E-state index contributed by atoms with van der Waals surface area (Å²) in [4.78, 5) is 7.78. The highest BCUT2D eigenvalue weighted by Crippen LogP contribution is 2.22. The van der Waals surface area contributed by atoms with E-state index in [1.165, 1.54) is 23.3 Å². The summed E-state index contributed by atoms with van der Waals surface area (Å²) in [7, 11) is 0. The fourth-order valence-electron chi connectivity index (χ4n) is 1.64. The van der Waals surface area contributed by atoms with Crippen LogP contribution in [0.5, 0.6) is 0 Å². The van der Waals surface area contributed by atoms with Crippen molar-refractivity contribution in [3.8, 4) is 5.69 Å². The summed E-state index contributed by atoms with van der Waals surface area (Å²) in [6, 6.07) is 3.22. The van der Waals surface area contributed by atoms with Crippen LogP contribution >= 0.6 is 11.6 Å². The van der Waals surface area contributed by atoms with Crippen LogP contribution in [0.4, 0.5) is 8.78 Å². The summed E-state index contributed by atoms with van der Waals surface area (Å²) in [6.07, 6.45) is 2.69. The molecular formula is C13H11ClF2N4. The first kappa shape index (κ1) is 14.3. The predicted molar refractivity (Wildman–Crippen MR) is 72.9 cm³/mol. The van der Waals surface area contributed by atoms with Crippen molar-refractivity contribution in [2.75, 3.05) is 0 Å². The molecule has 1 aromatic carbocycles. The molecule has 2 aromatic heterocycles. The summed E-state index contributed by atoms with van der Waals surface area (Å²) in [5.74, 6) is -1.38. The molecule has 0 aliphatic heterocycles. The Bertz CT molecular complexity index is 742. The SMILES string of the molecule is CC.Fc1ccc(-n2ncc3c(Cl)ncnc32)c(F)c1. The Labute approximate surface area is 119 Å². The van der Waals surface area contributed by atoms with E-state index in [1.54, 1.807) is 0 Å². The smallest absolute Gasteiger partial charge is 0.167 e. The van der Waals surface area contributed by atoms with Crippen LogP contribution in [0, 0.1) is 11.6 Å². The molecular weight excluding hydrogens is 286 g/mol. The molecule has 3 rings (SSSR count). The maximum absolute atomic E-state index is 13.7. The lowest BCUT2D eigenvalue weighted by molar-refractivity contribution is 0.574. The van der Waals surface area contributed by atoms with E-state index in [1.807, 2.05) is 13.8 Å². The van der Waals surface area contributed by atoms with Crippen molar-refractivity contribution in [3.05, 3.63) is 47.5 Å². The van der Waals surface area contributed by atoms with E-state index in [0.29, 0.717) is 11.0 Å². The molecule has 0 amide bonds. The van der Waals surface area contributed by atoms with Crippen LogP contribution in [-0.4, -0.2) is 19.7 Å². The second kappa shape index (κ2) is 5.92. The van der Waals surface area contributed by atoms with E-state index in [-0.39, 0.29) is 10.8 Å². The maximum Gasteiger partial charge on any atom is 0.167 e. The van der Waals surface area contributed by atoms with E-state index in [9.17, 15) is 8.78 Å². The normalized spacial score (nSPS) is 10.2. The Hall–Kier alpha value is -2.08. The predicted octanol–water partition coefficient (Wildman–Crippen LogP) is 3.77. The largest absolute Gasteiger partial charge is 0.224 e. The summed E-state index contributed by atoms with van der Waals surface area (Å²) in [5, 5.41) is 4.72. The summed E-state index contributed by atoms with van der Waals surface area (Å²) < 4.78 is 27.8. The summed E-state index contributed by atoms with van der Waals surface area (Å²) in [5.41, 5.74) is 0.460. The van der Waals surface area contributed by atoms with Gasteiger partial charge in [-0.05, 0) is 12.1 Å². The van der Waals surface area contributed by atoms with Crippen molar-refractivity contribution in [2.45, 2.75) is 13.8 Å². The second-order valence-electron chi connectivity index (χ2n) is 3.55. The molecule has 0 aliphatic rings. The Morgan fingerprint density at radius 1 is 1.15 bits per heavy atom. The van der Waals surface area contributed by atoms with Crippen LogP contribution in [0.15, 0.2) is 30.7 Å². The summed E-state index contributed by atoms with van der Waals surface area (Å²) >= 11 is 5.86. The van der Waals surface area contributed by atoms with Crippen LogP contribution in [0.3, 0.4) is 0 Å². The molecule has 0 unspecified atom stereocenters. The highest BCUT2D eigenvalue weighted by Gasteiger charge is 2.13. The Morgan fingerprint density at radius 3 is 2.60 bits per heavy atom. The van der Waals surface area contributed by atoms with E-state index in [0.717, 1.165) is 12.1 Å². The first-order valence-corrected chi connectivity index (χ1v) is 6.34. The van der Waals surface area contributed by atoms with E-state index < -0.39 is 11.6 Å². The standard InChI is InChI=1S/C11H5ClF2N4.C2H6/c12-10-7-4-17-18(11(7)16-5-15-10)9-2-1-6(13)3-8(9)14;1-2/h1-5H;1-2H3. The highest BCUT2D eigenvalue weighted by molar-refractivity contribution is 6.33. The lowest BCUT2D eigenvalue weighted by atomic mass is 10.3. The molecule has 104 valence electrons. The van der Waals surface area contributed by atoms with Crippen LogP contribution in [0.1, 0.15) is 13.8 Å². The molecule has 0 bridgehead atoms. The Morgan fingerprint density at radius 2 is 1.90 bits per heavy atom. The van der Waals surface area contributed by atoms with Crippen LogP contribution < -0.4 is 0 Å². The molecule has 20 heavy (non-hydrogen) atoms. The number of nitrogens with zero attached hydrogens (tertiary/aromatic N) is 4. The molecule has 0 aliphatic carbocycles. The molecule has 0 spiro atoms. The minimum Gasteiger partial charge on any atom is -0.224 e. The van der Waals surface area contributed by atoms with Crippen molar-refractivity contribution in [2.24, 2.45) is 0 Å². The average Bonchev–Trinajstić information content (AvgIpc) is 2.86. The summed E-state index contributed by atoms with van der Waals surface area (Å²) in [6.45, 7) is 4.00. The van der Waals surface area contributed by atoms with Gasteiger partial charge in [0.15, 0.2) is 11.5 Å². The number of hydrogen-bond acceptors (Lipinski definition) is 3. The number of benzene rings is 1. The number of fused-ring (bicyclic) bond motifs is 1. The fourth-order valence-corrected chi connectivity index (χ4v) is 1.82. The van der Waals surface area contributed by atoms with Gasteiger partial charge in [-0.1, -0.05) is 25.4 Å². The zero-order chi connectivity index (χ0) is 14.7. The highest BCUT2D eigenvalue weighted by atomic mass is 35.5. The zero-order valence-corrected chi connectivity index (χ0v) is 11.6. The molecule has 0 N–H and O–H groups in total. The van der Waals surface area contributed by atoms with E-state index in [4.69, 9.17) is 11.6 Å². The third kappa shape index (κ3) is 2.46. The third-order valence-corrected chi connectivity index (χ3v) is 2.76. The molecule has 7 heteroatoms. The number of rotatable bonds is 1. The van der Waals surface area contributed by atoms with E-state index >= 15 is 0 Å². The van der Waals surface area contributed by atoms with Gasteiger partial charge in [-0.2, -0.15) is 5.10 Å². The minimum absolute atomic E-state index is 0.0983. The van der Waals surface area contributed by atoms with Crippen molar-refractivity contribution in [1.29, 1.82) is 0 Å². The molecule has 4 nitrogen and oxygen atoms in total. The number of aromatic nitrogens is 4. The Balaban J connectivity index is 0.000000704. The van der Waals surface area contributed by atoms with E-state index in [2.05, 4.69) is 15.1 Å². The lowest BCUT2D eigenvalue weighted by Gasteiger charge is -2.04. The van der Waals surface area contributed by atoms with Crippen molar-refractivity contribution < 1.29 is 8.78 Å². The van der Waals surface area contributed by atoms with Gasteiger partial charge in [0, 0.05) is 6.07 Å². The molecule has 2 heterocycles. The quantitative estimate of drug-likeness (QED) is 0.642. The molecule has 0 saturated carbocycles.